The molecule has 1 fully saturated rings. The molecule has 100 valence electrons. The highest BCUT2D eigenvalue weighted by molar-refractivity contribution is 9.10. The van der Waals surface area contributed by atoms with Gasteiger partial charge in [-0.1, -0.05) is 54.9 Å². The van der Waals surface area contributed by atoms with Gasteiger partial charge >= 0.3 is 0 Å². The van der Waals surface area contributed by atoms with E-state index in [9.17, 15) is 0 Å². The minimum absolute atomic E-state index is 0.0506. The molecule has 0 heterocycles. The van der Waals surface area contributed by atoms with E-state index in [1.165, 1.54) is 16.5 Å². The van der Waals surface area contributed by atoms with Gasteiger partial charge in [0, 0.05) is 10.0 Å². The van der Waals surface area contributed by atoms with E-state index >= 15 is 0 Å². The van der Waals surface area contributed by atoms with Crippen molar-refractivity contribution >= 4 is 15.9 Å². The van der Waals surface area contributed by atoms with Crippen LogP contribution in [0.1, 0.15) is 45.6 Å². The average molecular weight is 310 g/mol. The molecular formula is C16H24BrN. The maximum atomic E-state index is 6.71. The van der Waals surface area contributed by atoms with E-state index < -0.39 is 0 Å². The zero-order chi connectivity index (χ0) is 13.4. The van der Waals surface area contributed by atoms with Crippen LogP contribution in [0.15, 0.2) is 28.7 Å². The Labute approximate surface area is 119 Å². The fraction of sp³-hybridized carbons (Fsp3) is 0.625. The number of benzene rings is 1. The second-order valence-corrected chi connectivity index (χ2v) is 7.84. The number of nitrogens with two attached hydrogens (primary N) is 1. The second kappa shape index (κ2) is 4.97. The Morgan fingerprint density at radius 2 is 1.94 bits per heavy atom. The molecule has 1 aliphatic carbocycles. The number of hydrogen-bond donors (Lipinski definition) is 1. The van der Waals surface area contributed by atoms with Gasteiger partial charge in [0.2, 0.25) is 0 Å². The van der Waals surface area contributed by atoms with Crippen LogP contribution in [-0.4, -0.2) is 5.54 Å². The van der Waals surface area contributed by atoms with Crippen LogP contribution in [0.3, 0.4) is 0 Å². The Balaban J connectivity index is 2.19. The molecule has 0 amide bonds. The van der Waals surface area contributed by atoms with Crippen LogP contribution in [0.25, 0.3) is 0 Å². The molecule has 1 aromatic rings. The van der Waals surface area contributed by atoms with Crippen molar-refractivity contribution in [3.05, 3.63) is 34.3 Å². The predicted molar refractivity (Wildman–Crippen MR) is 81.6 cm³/mol. The molecule has 2 heteroatoms. The third-order valence-corrected chi connectivity index (χ3v) is 4.76. The van der Waals surface area contributed by atoms with Crippen molar-refractivity contribution in [1.82, 2.24) is 0 Å². The smallest absolute Gasteiger partial charge is 0.0207 e. The molecule has 0 aliphatic heterocycles. The van der Waals surface area contributed by atoms with Crippen molar-refractivity contribution in [3.8, 4) is 0 Å². The first kappa shape index (κ1) is 14.1. The number of rotatable bonds is 2. The lowest BCUT2D eigenvalue weighted by Gasteiger charge is -2.46. The van der Waals surface area contributed by atoms with E-state index in [2.05, 4.69) is 61.0 Å². The lowest BCUT2D eigenvalue weighted by atomic mass is 9.63. The minimum atomic E-state index is -0.0506. The SMILES string of the molecule is CC1CC(C)(C)CC(N)(Cc2ccccc2Br)C1. The van der Waals surface area contributed by atoms with Crippen molar-refractivity contribution in [2.24, 2.45) is 17.1 Å². The van der Waals surface area contributed by atoms with Gasteiger partial charge in [-0.25, -0.2) is 0 Å². The molecule has 2 unspecified atom stereocenters. The standard InChI is InChI=1S/C16H24BrN/c1-12-8-15(2,3)11-16(18,9-12)10-13-6-4-5-7-14(13)17/h4-7,12H,8-11,18H2,1-3H3. The molecule has 0 radical (unpaired) electrons. The molecular weight excluding hydrogens is 286 g/mol. The zero-order valence-electron chi connectivity index (χ0n) is 11.7. The largest absolute Gasteiger partial charge is 0.325 e. The van der Waals surface area contributed by atoms with E-state index in [4.69, 9.17) is 5.73 Å². The summed E-state index contributed by atoms with van der Waals surface area (Å²) in [5.41, 5.74) is 8.36. The second-order valence-electron chi connectivity index (χ2n) is 6.98. The maximum Gasteiger partial charge on any atom is 0.0207 e. The Morgan fingerprint density at radius 3 is 2.56 bits per heavy atom. The molecule has 0 spiro atoms. The molecule has 0 aromatic heterocycles. The van der Waals surface area contributed by atoms with Crippen LogP contribution in [0.5, 0.6) is 0 Å². The molecule has 1 nitrogen and oxygen atoms in total. The third kappa shape index (κ3) is 3.36. The summed E-state index contributed by atoms with van der Waals surface area (Å²) in [5.74, 6) is 0.723. The summed E-state index contributed by atoms with van der Waals surface area (Å²) in [7, 11) is 0. The van der Waals surface area contributed by atoms with Gasteiger partial charge in [-0.15, -0.1) is 0 Å². The molecule has 0 saturated heterocycles. The molecule has 2 rings (SSSR count). The summed E-state index contributed by atoms with van der Waals surface area (Å²) in [6.07, 6.45) is 4.52. The summed E-state index contributed by atoms with van der Waals surface area (Å²) in [5, 5.41) is 0. The lowest BCUT2D eigenvalue weighted by molar-refractivity contribution is 0.108. The third-order valence-electron chi connectivity index (χ3n) is 3.99. The average Bonchev–Trinajstić information content (AvgIpc) is 2.17. The van der Waals surface area contributed by atoms with E-state index in [0.717, 1.165) is 25.2 Å². The Kier molecular flexibility index (Phi) is 3.89. The van der Waals surface area contributed by atoms with Gasteiger partial charge in [-0.3, -0.25) is 0 Å². The van der Waals surface area contributed by atoms with Crippen molar-refractivity contribution in [3.63, 3.8) is 0 Å². The topological polar surface area (TPSA) is 26.0 Å². The molecule has 2 N–H and O–H groups in total. The van der Waals surface area contributed by atoms with Crippen molar-refractivity contribution in [1.29, 1.82) is 0 Å². The van der Waals surface area contributed by atoms with Gasteiger partial charge in [0.1, 0.15) is 0 Å². The van der Waals surface area contributed by atoms with Crippen molar-refractivity contribution in [2.75, 3.05) is 0 Å². The highest BCUT2D eigenvalue weighted by atomic mass is 79.9. The number of hydrogen-bond acceptors (Lipinski definition) is 1. The molecule has 1 aromatic carbocycles. The van der Waals surface area contributed by atoms with E-state index in [0.29, 0.717) is 5.41 Å². The first-order valence-corrected chi connectivity index (χ1v) is 7.61. The van der Waals surface area contributed by atoms with Crippen LogP contribution in [0.4, 0.5) is 0 Å². The van der Waals surface area contributed by atoms with Crippen LogP contribution < -0.4 is 5.73 Å². The Morgan fingerprint density at radius 1 is 1.28 bits per heavy atom. The van der Waals surface area contributed by atoms with Gasteiger partial charge in [-0.2, -0.15) is 0 Å². The fourth-order valence-corrected chi connectivity index (χ4v) is 4.39. The van der Waals surface area contributed by atoms with Gasteiger partial charge in [0.05, 0.1) is 0 Å². The van der Waals surface area contributed by atoms with Gasteiger partial charge in [-0.05, 0) is 48.6 Å². The van der Waals surface area contributed by atoms with Gasteiger partial charge in [0.25, 0.3) is 0 Å². The summed E-state index contributed by atoms with van der Waals surface area (Å²) < 4.78 is 1.19. The van der Waals surface area contributed by atoms with Crippen LogP contribution in [-0.2, 0) is 6.42 Å². The monoisotopic (exact) mass is 309 g/mol. The fourth-order valence-electron chi connectivity index (χ4n) is 3.96. The predicted octanol–water partition coefficient (Wildman–Crippen LogP) is 4.54. The number of halogens is 1. The quantitative estimate of drug-likeness (QED) is 0.853. The summed E-state index contributed by atoms with van der Waals surface area (Å²) in [6.45, 7) is 7.04. The molecule has 1 aliphatic rings. The van der Waals surface area contributed by atoms with E-state index in [-0.39, 0.29) is 5.54 Å². The van der Waals surface area contributed by atoms with E-state index in [1.54, 1.807) is 0 Å². The highest BCUT2D eigenvalue weighted by Crippen LogP contribution is 2.44. The molecule has 18 heavy (non-hydrogen) atoms. The zero-order valence-corrected chi connectivity index (χ0v) is 13.3. The van der Waals surface area contributed by atoms with E-state index in [1.807, 2.05) is 0 Å². The summed E-state index contributed by atoms with van der Waals surface area (Å²) in [4.78, 5) is 0. The Hall–Kier alpha value is -0.340. The first-order valence-electron chi connectivity index (χ1n) is 6.82. The molecule has 1 saturated carbocycles. The molecule has 0 bridgehead atoms. The highest BCUT2D eigenvalue weighted by Gasteiger charge is 2.40. The van der Waals surface area contributed by atoms with Crippen LogP contribution >= 0.6 is 15.9 Å². The summed E-state index contributed by atoms with van der Waals surface area (Å²) in [6, 6.07) is 8.45. The van der Waals surface area contributed by atoms with Crippen molar-refractivity contribution < 1.29 is 0 Å². The lowest BCUT2D eigenvalue weighted by Crippen LogP contribution is -2.50. The first-order chi connectivity index (χ1) is 8.30. The van der Waals surface area contributed by atoms with Gasteiger partial charge < -0.3 is 5.73 Å². The van der Waals surface area contributed by atoms with Crippen molar-refractivity contribution in [2.45, 2.75) is 52.0 Å². The maximum absolute atomic E-state index is 6.71. The normalized spacial score (nSPS) is 31.3. The Bertz CT molecular complexity index is 427. The van der Waals surface area contributed by atoms with Gasteiger partial charge in [0.15, 0.2) is 0 Å². The van der Waals surface area contributed by atoms with Crippen LogP contribution in [0, 0.1) is 11.3 Å². The summed E-state index contributed by atoms with van der Waals surface area (Å²) >= 11 is 3.64. The molecule has 2 atom stereocenters. The van der Waals surface area contributed by atoms with Crippen LogP contribution in [0.2, 0.25) is 0 Å². The minimum Gasteiger partial charge on any atom is -0.325 e.